The van der Waals surface area contributed by atoms with Crippen LogP contribution in [0.25, 0.3) is 0 Å². The molecule has 130 valence electrons. The van der Waals surface area contributed by atoms with Crippen molar-refractivity contribution < 1.29 is 17.9 Å². The van der Waals surface area contributed by atoms with Crippen LogP contribution in [0.5, 0.6) is 0 Å². The van der Waals surface area contributed by atoms with Gasteiger partial charge in [-0.1, -0.05) is 12.8 Å². The Balaban J connectivity index is 1.98. The number of nitrogens with zero attached hydrogens (tertiary/aromatic N) is 2. The summed E-state index contributed by atoms with van der Waals surface area (Å²) in [5.74, 6) is -0.0613. The van der Waals surface area contributed by atoms with Crippen LogP contribution in [0.2, 0.25) is 0 Å². The number of ether oxygens (including phenoxy) is 1. The second kappa shape index (κ2) is 8.16. The van der Waals surface area contributed by atoms with Gasteiger partial charge in [0.15, 0.2) is 4.91 Å². The second-order valence-electron chi connectivity index (χ2n) is 5.37. The zero-order valence-electron chi connectivity index (χ0n) is 13.0. The number of carbonyl (C=O) groups excluding carboxylic acids is 1. The van der Waals surface area contributed by atoms with Crippen molar-refractivity contribution in [1.82, 2.24) is 15.2 Å². The summed E-state index contributed by atoms with van der Waals surface area (Å²) in [6.45, 7) is 2.22. The molecule has 0 saturated carbocycles. The Morgan fingerprint density at radius 1 is 1.22 bits per heavy atom. The van der Waals surface area contributed by atoms with Crippen LogP contribution in [0.15, 0.2) is 16.1 Å². The molecule has 9 nitrogen and oxygen atoms in total. The average Bonchev–Trinajstić information content (AvgIpc) is 2.76. The van der Waals surface area contributed by atoms with Crippen LogP contribution in [0.3, 0.4) is 0 Å². The Labute approximate surface area is 136 Å². The molecule has 23 heavy (non-hydrogen) atoms. The van der Waals surface area contributed by atoms with Gasteiger partial charge in [-0.3, -0.25) is 10.4 Å². The van der Waals surface area contributed by atoms with E-state index >= 15 is 0 Å². The highest BCUT2D eigenvalue weighted by Crippen LogP contribution is 2.12. The molecule has 0 aromatic rings. The van der Waals surface area contributed by atoms with Crippen LogP contribution in [-0.2, 0) is 14.8 Å². The van der Waals surface area contributed by atoms with E-state index in [4.69, 9.17) is 10.5 Å². The summed E-state index contributed by atoms with van der Waals surface area (Å²) < 4.78 is 31.7. The molecule has 2 heterocycles. The van der Waals surface area contributed by atoms with Crippen LogP contribution in [0, 0.1) is 0 Å². The molecular formula is C13H23N5O4S. The fraction of sp³-hybridized carbons (Fsp3) is 0.692. The van der Waals surface area contributed by atoms with Gasteiger partial charge in [0.1, 0.15) is 0 Å². The molecule has 0 unspecified atom stereocenters. The molecule has 2 rings (SSSR count). The molecule has 4 N–H and O–H groups in total. The van der Waals surface area contributed by atoms with E-state index in [1.54, 1.807) is 5.01 Å². The van der Waals surface area contributed by atoms with Crippen LogP contribution < -0.4 is 15.9 Å². The van der Waals surface area contributed by atoms with Gasteiger partial charge in [0.05, 0.1) is 6.61 Å². The van der Waals surface area contributed by atoms with Crippen molar-refractivity contribution in [2.24, 2.45) is 10.7 Å². The first-order valence-electron chi connectivity index (χ1n) is 7.71. The third kappa shape index (κ3) is 5.10. The minimum absolute atomic E-state index is 0.0613. The minimum atomic E-state index is -4.14. The maximum atomic E-state index is 12.3. The number of amides is 2. The lowest BCUT2D eigenvalue weighted by Gasteiger charge is -2.21. The lowest BCUT2D eigenvalue weighted by atomic mass is 10.2. The van der Waals surface area contributed by atoms with Crippen molar-refractivity contribution in [2.45, 2.75) is 32.1 Å². The molecular weight excluding hydrogens is 322 g/mol. The summed E-state index contributed by atoms with van der Waals surface area (Å²) in [5, 5.41) is 1.72. The summed E-state index contributed by atoms with van der Waals surface area (Å²) in [6.07, 6.45) is 5.73. The lowest BCUT2D eigenvalue weighted by molar-refractivity contribution is 0.184. The Morgan fingerprint density at radius 2 is 1.91 bits per heavy atom. The maximum absolute atomic E-state index is 12.3. The molecule has 0 bridgehead atoms. The third-order valence-corrected chi connectivity index (χ3v) is 4.88. The topological polar surface area (TPSA) is 126 Å². The van der Waals surface area contributed by atoms with E-state index in [-0.39, 0.29) is 10.8 Å². The van der Waals surface area contributed by atoms with E-state index in [1.165, 1.54) is 0 Å². The molecule has 1 fully saturated rings. The van der Waals surface area contributed by atoms with Crippen molar-refractivity contribution in [3.63, 3.8) is 0 Å². The molecule has 1 saturated heterocycles. The van der Waals surface area contributed by atoms with Gasteiger partial charge in [0, 0.05) is 32.3 Å². The molecule has 2 aliphatic rings. The van der Waals surface area contributed by atoms with Crippen LogP contribution >= 0.6 is 0 Å². The number of rotatable bonds is 4. The van der Waals surface area contributed by atoms with Crippen molar-refractivity contribution >= 4 is 22.0 Å². The smallest absolute Gasteiger partial charge is 0.343 e. The number of nitrogens with two attached hydrogens (primary N) is 1. The van der Waals surface area contributed by atoms with Gasteiger partial charge in [-0.15, -0.1) is 0 Å². The largest absolute Gasteiger partial charge is 0.477 e. The fourth-order valence-electron chi connectivity index (χ4n) is 2.41. The summed E-state index contributed by atoms with van der Waals surface area (Å²) in [4.78, 5) is 15.6. The Morgan fingerprint density at radius 3 is 2.48 bits per heavy atom. The first-order chi connectivity index (χ1) is 11.0. The zero-order valence-corrected chi connectivity index (χ0v) is 13.8. The lowest BCUT2D eigenvalue weighted by Crippen LogP contribution is -2.49. The Bertz CT molecular complexity index is 579. The summed E-state index contributed by atoms with van der Waals surface area (Å²) >= 11 is 0. The van der Waals surface area contributed by atoms with Gasteiger partial charge in [0.2, 0.25) is 5.90 Å². The van der Waals surface area contributed by atoms with Gasteiger partial charge in [-0.25, -0.2) is 22.9 Å². The van der Waals surface area contributed by atoms with Crippen LogP contribution in [-0.4, -0.2) is 51.6 Å². The number of sulfonamides is 1. The number of urea groups is 1. The van der Waals surface area contributed by atoms with Crippen molar-refractivity contribution in [2.75, 3.05) is 26.2 Å². The zero-order chi connectivity index (χ0) is 16.7. The van der Waals surface area contributed by atoms with Crippen molar-refractivity contribution in [1.29, 1.82) is 0 Å². The van der Waals surface area contributed by atoms with E-state index in [2.05, 4.69) is 10.4 Å². The standard InChI is InChI=1S/C13H23N5O4S/c14-10-11(12-15-6-5-9-22-12)23(20,21)17-13(19)16-18-7-3-1-2-4-8-18/h10H,1-9,14H2,(H2,16,17,19). The summed E-state index contributed by atoms with van der Waals surface area (Å²) in [6, 6.07) is -0.817. The number of hydrogen-bond donors (Lipinski definition) is 3. The van der Waals surface area contributed by atoms with E-state index in [0.717, 1.165) is 31.9 Å². The number of hydrazine groups is 1. The molecule has 0 aromatic heterocycles. The summed E-state index contributed by atoms with van der Waals surface area (Å²) in [5.41, 5.74) is 7.94. The van der Waals surface area contributed by atoms with Gasteiger partial charge in [-0.05, 0) is 12.8 Å². The highest BCUT2D eigenvalue weighted by Gasteiger charge is 2.28. The second-order valence-corrected chi connectivity index (χ2v) is 7.02. The number of carbonyl (C=O) groups is 1. The Kier molecular flexibility index (Phi) is 6.22. The van der Waals surface area contributed by atoms with Crippen LogP contribution in [0.4, 0.5) is 4.79 Å². The van der Waals surface area contributed by atoms with E-state index in [0.29, 0.717) is 32.7 Å². The molecule has 0 radical (unpaired) electrons. The molecule has 0 aromatic carbocycles. The van der Waals surface area contributed by atoms with Gasteiger partial charge >= 0.3 is 6.03 Å². The van der Waals surface area contributed by atoms with Crippen molar-refractivity contribution in [3.8, 4) is 0 Å². The molecule has 0 spiro atoms. The fourth-order valence-corrected chi connectivity index (χ4v) is 3.34. The SMILES string of the molecule is NC=C(C1=NCCCO1)S(=O)(=O)NC(=O)NN1CCCCCC1. The number of aliphatic imine (C=N–C) groups is 1. The Hall–Kier alpha value is -1.81. The maximum Gasteiger partial charge on any atom is 0.343 e. The molecule has 2 amide bonds. The highest BCUT2D eigenvalue weighted by molar-refractivity contribution is 7.94. The monoisotopic (exact) mass is 345 g/mol. The van der Waals surface area contributed by atoms with E-state index in [9.17, 15) is 13.2 Å². The predicted molar refractivity (Wildman–Crippen MR) is 85.8 cm³/mol. The minimum Gasteiger partial charge on any atom is -0.477 e. The first kappa shape index (κ1) is 17.5. The van der Waals surface area contributed by atoms with Crippen molar-refractivity contribution in [3.05, 3.63) is 11.1 Å². The van der Waals surface area contributed by atoms with Crippen LogP contribution in [0.1, 0.15) is 32.1 Å². The number of hydrogen-bond acceptors (Lipinski definition) is 7. The predicted octanol–water partition coefficient (Wildman–Crippen LogP) is 0.0253. The van der Waals surface area contributed by atoms with Gasteiger partial charge in [-0.2, -0.15) is 0 Å². The molecule has 10 heteroatoms. The van der Waals surface area contributed by atoms with Gasteiger partial charge in [0.25, 0.3) is 10.0 Å². The van der Waals surface area contributed by atoms with E-state index < -0.39 is 16.1 Å². The number of nitrogens with one attached hydrogen (secondary N) is 2. The quantitative estimate of drug-likeness (QED) is 0.660. The normalized spacial score (nSPS) is 20.9. The highest BCUT2D eigenvalue weighted by atomic mass is 32.2. The van der Waals surface area contributed by atoms with Gasteiger partial charge < -0.3 is 10.5 Å². The molecule has 0 atom stereocenters. The van der Waals surface area contributed by atoms with E-state index in [1.807, 2.05) is 4.72 Å². The first-order valence-corrected chi connectivity index (χ1v) is 9.19. The average molecular weight is 345 g/mol. The summed E-state index contributed by atoms with van der Waals surface area (Å²) in [7, 11) is -4.14. The molecule has 2 aliphatic heterocycles. The third-order valence-electron chi connectivity index (χ3n) is 3.54. The molecule has 0 aliphatic carbocycles.